The number of aliphatic carboxylic acids is 1. The van der Waals surface area contributed by atoms with Crippen LogP contribution in [0.1, 0.15) is 36.5 Å². The molecular formula is C13H16N2O6. The smallest absolute Gasteiger partial charge is 0.326 e. The van der Waals surface area contributed by atoms with Crippen LogP contribution in [0.5, 0.6) is 5.75 Å². The van der Waals surface area contributed by atoms with E-state index in [9.17, 15) is 24.8 Å². The molecule has 0 radical (unpaired) electrons. The number of aromatic hydroxyl groups is 1. The van der Waals surface area contributed by atoms with E-state index in [-0.39, 0.29) is 12.0 Å². The van der Waals surface area contributed by atoms with Crippen LogP contribution in [0.15, 0.2) is 18.2 Å². The zero-order valence-corrected chi connectivity index (χ0v) is 11.4. The molecule has 1 rings (SSSR count). The third kappa shape index (κ3) is 4.44. The van der Waals surface area contributed by atoms with Crippen LogP contribution in [-0.2, 0) is 4.79 Å². The lowest BCUT2D eigenvalue weighted by Crippen LogP contribution is -2.40. The Kier molecular flexibility index (Phi) is 5.65. The SMILES string of the molecule is CCCC[C@H](NC(=O)c1ccc(O)c([N+](=O)[O-])c1)C(=O)O. The molecular weight excluding hydrogens is 280 g/mol. The van der Waals surface area contributed by atoms with Gasteiger partial charge in [0.25, 0.3) is 5.91 Å². The van der Waals surface area contributed by atoms with Crippen LogP contribution in [-0.4, -0.2) is 33.1 Å². The number of nitro benzene ring substituents is 1. The van der Waals surface area contributed by atoms with E-state index in [1.54, 1.807) is 0 Å². The van der Waals surface area contributed by atoms with Crippen molar-refractivity contribution in [1.29, 1.82) is 0 Å². The number of carboxylic acid groups (broad SMARTS) is 1. The quantitative estimate of drug-likeness (QED) is 0.518. The first-order chi connectivity index (χ1) is 9.86. The molecule has 0 aromatic heterocycles. The van der Waals surface area contributed by atoms with Gasteiger partial charge in [-0.3, -0.25) is 14.9 Å². The molecule has 21 heavy (non-hydrogen) atoms. The Hall–Kier alpha value is -2.64. The second-order valence-corrected chi connectivity index (χ2v) is 4.47. The number of nitro groups is 1. The highest BCUT2D eigenvalue weighted by Gasteiger charge is 2.22. The number of carboxylic acids is 1. The summed E-state index contributed by atoms with van der Waals surface area (Å²) in [6.07, 6.45) is 1.69. The second-order valence-electron chi connectivity index (χ2n) is 4.47. The molecule has 8 heteroatoms. The lowest BCUT2D eigenvalue weighted by molar-refractivity contribution is -0.385. The van der Waals surface area contributed by atoms with Crippen LogP contribution in [0.2, 0.25) is 0 Å². The number of nitrogens with one attached hydrogen (secondary N) is 1. The van der Waals surface area contributed by atoms with Gasteiger partial charge in [0, 0.05) is 11.6 Å². The van der Waals surface area contributed by atoms with Crippen LogP contribution < -0.4 is 5.32 Å². The number of hydrogen-bond donors (Lipinski definition) is 3. The number of unbranched alkanes of at least 4 members (excludes halogenated alkanes) is 1. The fraction of sp³-hybridized carbons (Fsp3) is 0.385. The molecule has 8 nitrogen and oxygen atoms in total. The van der Waals surface area contributed by atoms with Gasteiger partial charge < -0.3 is 15.5 Å². The Morgan fingerprint density at radius 1 is 1.43 bits per heavy atom. The molecule has 0 saturated heterocycles. The predicted octanol–water partition coefficient (Wildman–Crippen LogP) is 1.67. The van der Waals surface area contributed by atoms with Gasteiger partial charge >= 0.3 is 11.7 Å². The first-order valence-corrected chi connectivity index (χ1v) is 6.37. The fourth-order valence-corrected chi connectivity index (χ4v) is 1.72. The van der Waals surface area contributed by atoms with E-state index in [1.165, 1.54) is 6.07 Å². The minimum Gasteiger partial charge on any atom is -0.502 e. The van der Waals surface area contributed by atoms with Crippen molar-refractivity contribution in [2.45, 2.75) is 32.2 Å². The van der Waals surface area contributed by atoms with E-state index in [0.29, 0.717) is 6.42 Å². The molecule has 3 N–H and O–H groups in total. The van der Waals surface area contributed by atoms with Gasteiger partial charge in [-0.25, -0.2) is 4.79 Å². The number of amides is 1. The number of rotatable bonds is 7. The van der Waals surface area contributed by atoms with Gasteiger partial charge in [-0.2, -0.15) is 0 Å². The largest absolute Gasteiger partial charge is 0.502 e. The molecule has 1 aromatic rings. The summed E-state index contributed by atoms with van der Waals surface area (Å²) >= 11 is 0. The molecule has 1 aromatic carbocycles. The van der Waals surface area contributed by atoms with Gasteiger partial charge in [0.15, 0.2) is 5.75 Å². The van der Waals surface area contributed by atoms with E-state index in [4.69, 9.17) is 5.11 Å². The van der Waals surface area contributed by atoms with Crippen LogP contribution in [0.3, 0.4) is 0 Å². The number of phenolic OH excluding ortho intramolecular Hbond substituents is 1. The lowest BCUT2D eigenvalue weighted by atomic mass is 10.1. The Morgan fingerprint density at radius 2 is 2.10 bits per heavy atom. The monoisotopic (exact) mass is 296 g/mol. The molecule has 0 aliphatic rings. The first-order valence-electron chi connectivity index (χ1n) is 6.37. The van der Waals surface area contributed by atoms with Crippen molar-refractivity contribution in [1.82, 2.24) is 5.32 Å². The average molecular weight is 296 g/mol. The maximum atomic E-state index is 11.9. The number of carbonyl (C=O) groups excluding carboxylic acids is 1. The van der Waals surface area contributed by atoms with Gasteiger partial charge in [0.05, 0.1) is 4.92 Å². The summed E-state index contributed by atoms with van der Waals surface area (Å²) in [6.45, 7) is 1.89. The first kappa shape index (κ1) is 16.4. The van der Waals surface area contributed by atoms with Crippen LogP contribution in [0, 0.1) is 10.1 Å². The van der Waals surface area contributed by atoms with Crippen LogP contribution in [0.4, 0.5) is 5.69 Å². The maximum absolute atomic E-state index is 11.9. The molecule has 0 bridgehead atoms. The molecule has 0 heterocycles. The Morgan fingerprint density at radius 3 is 2.62 bits per heavy atom. The molecule has 0 unspecified atom stereocenters. The maximum Gasteiger partial charge on any atom is 0.326 e. The van der Waals surface area contributed by atoms with Crippen molar-refractivity contribution in [2.24, 2.45) is 0 Å². The lowest BCUT2D eigenvalue weighted by Gasteiger charge is -2.14. The molecule has 0 aliphatic heterocycles. The summed E-state index contributed by atoms with van der Waals surface area (Å²) < 4.78 is 0. The highest BCUT2D eigenvalue weighted by Crippen LogP contribution is 2.26. The summed E-state index contributed by atoms with van der Waals surface area (Å²) in [4.78, 5) is 32.8. The summed E-state index contributed by atoms with van der Waals surface area (Å²) in [6, 6.07) is 2.07. The third-order valence-electron chi connectivity index (χ3n) is 2.88. The molecule has 1 amide bonds. The van der Waals surface area contributed by atoms with Crippen molar-refractivity contribution < 1.29 is 24.7 Å². The van der Waals surface area contributed by atoms with E-state index in [2.05, 4.69) is 5.32 Å². The summed E-state index contributed by atoms with van der Waals surface area (Å²) in [7, 11) is 0. The van der Waals surface area contributed by atoms with E-state index in [0.717, 1.165) is 18.6 Å². The second kappa shape index (κ2) is 7.22. The van der Waals surface area contributed by atoms with Crippen molar-refractivity contribution in [3.8, 4) is 5.75 Å². The van der Waals surface area contributed by atoms with E-state index in [1.807, 2.05) is 6.92 Å². The Bertz CT molecular complexity index is 558. The highest BCUT2D eigenvalue weighted by atomic mass is 16.6. The molecule has 0 spiro atoms. The zero-order chi connectivity index (χ0) is 16.0. The van der Waals surface area contributed by atoms with E-state index < -0.39 is 34.3 Å². The van der Waals surface area contributed by atoms with Crippen molar-refractivity contribution >= 4 is 17.6 Å². The number of hydrogen-bond acceptors (Lipinski definition) is 5. The summed E-state index contributed by atoms with van der Waals surface area (Å²) in [5, 5.41) is 31.3. The van der Waals surface area contributed by atoms with Gasteiger partial charge in [0.2, 0.25) is 0 Å². The molecule has 0 fully saturated rings. The predicted molar refractivity (Wildman–Crippen MR) is 73.2 cm³/mol. The fourth-order valence-electron chi connectivity index (χ4n) is 1.72. The number of phenols is 1. The van der Waals surface area contributed by atoms with Crippen LogP contribution in [0.25, 0.3) is 0 Å². The standard InChI is InChI=1S/C13H16N2O6/c1-2-3-4-9(13(18)19)14-12(17)8-5-6-11(16)10(7-8)15(20)21/h5-7,9,16H,2-4H2,1H3,(H,14,17)(H,18,19)/t9-/m0/s1. The Balaban J connectivity index is 2.90. The highest BCUT2D eigenvalue weighted by molar-refractivity contribution is 5.97. The number of carbonyl (C=O) groups is 2. The molecule has 114 valence electrons. The van der Waals surface area contributed by atoms with Crippen molar-refractivity contribution in [3.63, 3.8) is 0 Å². The molecule has 0 saturated carbocycles. The number of nitrogens with zero attached hydrogens (tertiary/aromatic N) is 1. The summed E-state index contributed by atoms with van der Waals surface area (Å²) in [5.74, 6) is -2.45. The van der Waals surface area contributed by atoms with Gasteiger partial charge in [-0.15, -0.1) is 0 Å². The van der Waals surface area contributed by atoms with Crippen LogP contribution >= 0.6 is 0 Å². The molecule has 0 aliphatic carbocycles. The van der Waals surface area contributed by atoms with E-state index >= 15 is 0 Å². The van der Waals surface area contributed by atoms with Crippen molar-refractivity contribution in [2.75, 3.05) is 0 Å². The minimum atomic E-state index is -1.16. The average Bonchev–Trinajstić information content (AvgIpc) is 2.42. The van der Waals surface area contributed by atoms with Gasteiger partial charge in [-0.1, -0.05) is 19.8 Å². The number of benzene rings is 1. The normalized spacial score (nSPS) is 11.7. The van der Waals surface area contributed by atoms with Gasteiger partial charge in [-0.05, 0) is 18.6 Å². The third-order valence-corrected chi connectivity index (χ3v) is 2.88. The van der Waals surface area contributed by atoms with Gasteiger partial charge in [0.1, 0.15) is 6.04 Å². The zero-order valence-electron chi connectivity index (χ0n) is 11.4. The van der Waals surface area contributed by atoms with Crippen molar-refractivity contribution in [3.05, 3.63) is 33.9 Å². The summed E-state index contributed by atoms with van der Waals surface area (Å²) in [5.41, 5.74) is -0.690. The Labute approximate surface area is 120 Å². The topological polar surface area (TPSA) is 130 Å². The molecule has 1 atom stereocenters. The minimum absolute atomic E-state index is 0.0813.